The summed E-state index contributed by atoms with van der Waals surface area (Å²) in [5.74, 6) is 1.08. The van der Waals surface area contributed by atoms with E-state index in [0.717, 1.165) is 30.6 Å². The number of nitrogens with one attached hydrogen (secondary N) is 1. The third-order valence-corrected chi connectivity index (χ3v) is 4.49. The van der Waals surface area contributed by atoms with Gasteiger partial charge in [-0.3, -0.25) is 4.98 Å². The first-order chi connectivity index (χ1) is 14.2. The van der Waals surface area contributed by atoms with Gasteiger partial charge in [-0.2, -0.15) is 0 Å². The van der Waals surface area contributed by atoms with Crippen LogP contribution in [0.15, 0.2) is 48.9 Å². The van der Waals surface area contributed by atoms with Crippen molar-refractivity contribution in [1.29, 1.82) is 0 Å². The Kier molecular flexibility index (Phi) is 5.24. The van der Waals surface area contributed by atoms with E-state index in [1.54, 1.807) is 30.5 Å². The number of hydrogen-bond acceptors (Lipinski definition) is 7. The molecule has 0 unspecified atom stereocenters. The fourth-order valence-corrected chi connectivity index (χ4v) is 2.99. The Morgan fingerprint density at radius 2 is 1.86 bits per heavy atom. The Bertz CT molecular complexity index is 1130. The van der Waals surface area contributed by atoms with Crippen molar-refractivity contribution in [2.45, 2.75) is 13.8 Å². The number of hydrogen-bond donors (Lipinski definition) is 1. The molecule has 3 heterocycles. The molecule has 0 saturated heterocycles. The van der Waals surface area contributed by atoms with Crippen LogP contribution in [-0.4, -0.2) is 38.0 Å². The Hall–Kier alpha value is -3.68. The summed E-state index contributed by atoms with van der Waals surface area (Å²) < 4.78 is 14.5. The van der Waals surface area contributed by atoms with E-state index in [2.05, 4.69) is 50.1 Å². The van der Waals surface area contributed by atoms with Crippen LogP contribution in [0.1, 0.15) is 13.8 Å². The SMILES string of the molecule is CCN(CC)c1cnc2ccc(-c3nc(Nc4cc[c]cn4)ncc3F)cc2n1. The van der Waals surface area contributed by atoms with E-state index in [1.807, 2.05) is 6.07 Å². The van der Waals surface area contributed by atoms with Gasteiger partial charge in [0.05, 0.1) is 23.4 Å². The van der Waals surface area contributed by atoms with Crippen LogP contribution >= 0.6 is 0 Å². The molecule has 8 heteroatoms. The van der Waals surface area contributed by atoms with Gasteiger partial charge in [-0.15, -0.1) is 0 Å². The van der Waals surface area contributed by atoms with Gasteiger partial charge in [0, 0.05) is 30.9 Å². The number of rotatable bonds is 6. The fraction of sp³-hybridized carbons (Fsp3) is 0.190. The standard InChI is InChI=1S/C21H19FN7/c1-3-29(4-2)19-13-24-16-9-8-14(11-17(16)26-19)20-15(22)12-25-21(28-20)27-18-7-5-6-10-23-18/h5,7-13H,3-4H2,1-2H3,(H,23,25,27,28). The zero-order valence-corrected chi connectivity index (χ0v) is 16.1. The summed E-state index contributed by atoms with van der Waals surface area (Å²) in [5.41, 5.74) is 2.20. The molecule has 3 aromatic heterocycles. The molecule has 0 atom stereocenters. The highest BCUT2D eigenvalue weighted by Gasteiger charge is 2.12. The van der Waals surface area contributed by atoms with Gasteiger partial charge < -0.3 is 10.2 Å². The molecule has 0 aliphatic heterocycles. The Morgan fingerprint density at radius 1 is 1.00 bits per heavy atom. The van der Waals surface area contributed by atoms with Crippen molar-refractivity contribution < 1.29 is 4.39 Å². The zero-order valence-electron chi connectivity index (χ0n) is 16.1. The van der Waals surface area contributed by atoms with Gasteiger partial charge >= 0.3 is 0 Å². The van der Waals surface area contributed by atoms with Crippen LogP contribution in [0.3, 0.4) is 0 Å². The second-order valence-corrected chi connectivity index (χ2v) is 6.26. The minimum atomic E-state index is -0.517. The number of nitrogens with zero attached hydrogens (tertiary/aromatic N) is 6. The summed E-state index contributed by atoms with van der Waals surface area (Å²) in [6.07, 6.45) is 4.43. The summed E-state index contributed by atoms with van der Waals surface area (Å²) in [4.78, 5) is 23.7. The van der Waals surface area contributed by atoms with E-state index in [0.29, 0.717) is 16.9 Å². The Balaban J connectivity index is 1.72. The van der Waals surface area contributed by atoms with Crippen LogP contribution in [0.25, 0.3) is 22.3 Å². The van der Waals surface area contributed by atoms with Gasteiger partial charge in [0.2, 0.25) is 5.95 Å². The third kappa shape index (κ3) is 3.96. The molecule has 7 nitrogen and oxygen atoms in total. The molecule has 0 fully saturated rings. The first kappa shape index (κ1) is 18.7. The summed E-state index contributed by atoms with van der Waals surface area (Å²) in [6.45, 7) is 5.79. The minimum absolute atomic E-state index is 0.182. The molecule has 1 aromatic carbocycles. The molecular weight excluding hydrogens is 369 g/mol. The number of fused-ring (bicyclic) bond motifs is 1. The molecule has 1 N–H and O–H groups in total. The second-order valence-electron chi connectivity index (χ2n) is 6.26. The molecule has 0 spiro atoms. The van der Waals surface area contributed by atoms with E-state index >= 15 is 0 Å². The lowest BCUT2D eigenvalue weighted by atomic mass is 10.1. The van der Waals surface area contributed by atoms with Crippen molar-refractivity contribution in [2.75, 3.05) is 23.3 Å². The van der Waals surface area contributed by atoms with E-state index in [9.17, 15) is 4.39 Å². The van der Waals surface area contributed by atoms with E-state index in [4.69, 9.17) is 4.98 Å². The topological polar surface area (TPSA) is 79.7 Å². The van der Waals surface area contributed by atoms with E-state index in [-0.39, 0.29) is 11.6 Å². The fourth-order valence-electron chi connectivity index (χ4n) is 2.99. The largest absolute Gasteiger partial charge is 0.356 e. The maximum atomic E-state index is 14.5. The quantitative estimate of drug-likeness (QED) is 0.534. The summed E-state index contributed by atoms with van der Waals surface area (Å²) in [7, 11) is 0. The minimum Gasteiger partial charge on any atom is -0.356 e. The average Bonchev–Trinajstić information content (AvgIpc) is 2.76. The second kappa shape index (κ2) is 8.14. The van der Waals surface area contributed by atoms with Crippen LogP contribution in [-0.2, 0) is 0 Å². The Morgan fingerprint density at radius 3 is 2.62 bits per heavy atom. The van der Waals surface area contributed by atoms with Gasteiger partial charge in [0.25, 0.3) is 0 Å². The highest BCUT2D eigenvalue weighted by molar-refractivity contribution is 5.81. The lowest BCUT2D eigenvalue weighted by molar-refractivity contribution is 0.619. The lowest BCUT2D eigenvalue weighted by Gasteiger charge is -2.19. The first-order valence-electron chi connectivity index (χ1n) is 9.31. The highest BCUT2D eigenvalue weighted by Crippen LogP contribution is 2.26. The molecule has 4 aromatic rings. The molecule has 4 rings (SSSR count). The number of halogens is 1. The summed E-state index contributed by atoms with van der Waals surface area (Å²) in [6, 6.07) is 11.7. The van der Waals surface area contributed by atoms with Crippen molar-refractivity contribution in [1.82, 2.24) is 24.9 Å². The molecule has 0 bridgehead atoms. The number of pyridine rings is 1. The maximum absolute atomic E-state index is 14.5. The van der Waals surface area contributed by atoms with Gasteiger partial charge in [-0.1, -0.05) is 6.07 Å². The predicted molar refractivity (Wildman–Crippen MR) is 110 cm³/mol. The maximum Gasteiger partial charge on any atom is 0.229 e. The van der Waals surface area contributed by atoms with Gasteiger partial charge in [-0.05, 0) is 38.1 Å². The van der Waals surface area contributed by atoms with Gasteiger partial charge in [-0.25, -0.2) is 24.3 Å². The van der Waals surface area contributed by atoms with Crippen LogP contribution in [0.2, 0.25) is 0 Å². The van der Waals surface area contributed by atoms with E-state index in [1.165, 1.54) is 6.20 Å². The molecule has 1 radical (unpaired) electrons. The smallest absolute Gasteiger partial charge is 0.229 e. The van der Waals surface area contributed by atoms with Crippen molar-refractivity contribution in [3.8, 4) is 11.3 Å². The summed E-state index contributed by atoms with van der Waals surface area (Å²) in [5, 5.41) is 2.96. The predicted octanol–water partition coefficient (Wildman–Crippen LogP) is 4.01. The molecular formula is C21H19FN7. The van der Waals surface area contributed by atoms with Crippen molar-refractivity contribution >= 4 is 28.6 Å². The van der Waals surface area contributed by atoms with Crippen LogP contribution in [0.4, 0.5) is 22.0 Å². The third-order valence-electron chi connectivity index (χ3n) is 4.49. The van der Waals surface area contributed by atoms with Crippen molar-refractivity contribution in [3.63, 3.8) is 0 Å². The average molecular weight is 388 g/mol. The van der Waals surface area contributed by atoms with E-state index < -0.39 is 5.82 Å². The molecule has 29 heavy (non-hydrogen) atoms. The van der Waals surface area contributed by atoms with Gasteiger partial charge in [0.15, 0.2) is 5.82 Å². The Labute approximate surface area is 167 Å². The molecule has 0 aliphatic rings. The monoisotopic (exact) mass is 388 g/mol. The molecule has 145 valence electrons. The molecule has 0 saturated carbocycles. The first-order valence-corrected chi connectivity index (χ1v) is 9.31. The highest BCUT2D eigenvalue weighted by atomic mass is 19.1. The van der Waals surface area contributed by atoms with Crippen molar-refractivity contribution in [3.05, 3.63) is 60.8 Å². The van der Waals surface area contributed by atoms with Crippen LogP contribution in [0.5, 0.6) is 0 Å². The van der Waals surface area contributed by atoms with Crippen LogP contribution in [0, 0.1) is 11.9 Å². The number of anilines is 3. The number of aromatic nitrogens is 5. The normalized spacial score (nSPS) is 10.9. The van der Waals surface area contributed by atoms with Crippen molar-refractivity contribution in [2.24, 2.45) is 0 Å². The van der Waals surface area contributed by atoms with Gasteiger partial charge in [0.1, 0.15) is 17.3 Å². The number of benzene rings is 1. The summed E-state index contributed by atoms with van der Waals surface area (Å²) >= 11 is 0. The lowest BCUT2D eigenvalue weighted by Crippen LogP contribution is -2.23. The zero-order chi connectivity index (χ0) is 20.2. The van der Waals surface area contributed by atoms with Crippen LogP contribution < -0.4 is 10.2 Å². The molecule has 0 aliphatic carbocycles. The molecule has 0 amide bonds.